The standard InChI is InChI=1S/C19H19F2N5O2S/c1-11-5-3-6-13(19-22-24-25-26(19)17-9-12(17)2)18(11)23-29(27,28)10-14-15(20)7-4-8-16(14)21/h3-8,12,17,23H,9-10H2,1-2H3/t12-,17-/m1/s1. The second-order valence-corrected chi connectivity index (χ2v) is 9.01. The topological polar surface area (TPSA) is 89.8 Å². The molecule has 0 spiro atoms. The Balaban J connectivity index is 1.70. The van der Waals surface area contributed by atoms with E-state index in [4.69, 9.17) is 0 Å². The summed E-state index contributed by atoms with van der Waals surface area (Å²) in [6, 6.07) is 8.62. The number of nitrogens with zero attached hydrogens (tertiary/aromatic N) is 4. The van der Waals surface area contributed by atoms with Gasteiger partial charge in [-0.2, -0.15) is 0 Å². The van der Waals surface area contributed by atoms with Gasteiger partial charge in [0.15, 0.2) is 5.82 Å². The third-order valence-corrected chi connectivity index (χ3v) is 6.23. The molecule has 1 fully saturated rings. The number of hydrogen-bond acceptors (Lipinski definition) is 5. The largest absolute Gasteiger partial charge is 0.282 e. The zero-order valence-electron chi connectivity index (χ0n) is 15.8. The Labute approximate surface area is 166 Å². The molecule has 7 nitrogen and oxygen atoms in total. The molecule has 1 aliphatic carbocycles. The highest BCUT2D eigenvalue weighted by Crippen LogP contribution is 2.44. The molecule has 10 heteroatoms. The zero-order chi connectivity index (χ0) is 20.8. The average Bonchev–Trinajstić information content (AvgIpc) is 3.18. The van der Waals surface area contributed by atoms with Crippen LogP contribution in [-0.2, 0) is 15.8 Å². The van der Waals surface area contributed by atoms with Crippen molar-refractivity contribution in [3.05, 3.63) is 59.2 Å². The van der Waals surface area contributed by atoms with E-state index in [2.05, 4.69) is 27.2 Å². The Kier molecular flexibility index (Phi) is 4.81. The fourth-order valence-corrected chi connectivity index (χ4v) is 4.59. The summed E-state index contributed by atoms with van der Waals surface area (Å²) >= 11 is 0. The first-order valence-corrected chi connectivity index (χ1v) is 10.7. The number of benzene rings is 2. The lowest BCUT2D eigenvalue weighted by molar-refractivity contribution is 0.557. The number of hydrogen-bond donors (Lipinski definition) is 1. The number of anilines is 1. The van der Waals surface area contributed by atoms with E-state index in [1.165, 1.54) is 6.07 Å². The molecule has 4 rings (SSSR count). The molecule has 0 bridgehead atoms. The van der Waals surface area contributed by atoms with Gasteiger partial charge in [-0.25, -0.2) is 21.9 Å². The van der Waals surface area contributed by atoms with E-state index < -0.39 is 33.0 Å². The normalized spacial score (nSPS) is 18.6. The highest BCUT2D eigenvalue weighted by Gasteiger charge is 2.38. The summed E-state index contributed by atoms with van der Waals surface area (Å²) in [5.41, 5.74) is 0.922. The van der Waals surface area contributed by atoms with Gasteiger partial charge in [-0.1, -0.05) is 25.1 Å². The fraction of sp³-hybridized carbons (Fsp3) is 0.316. The summed E-state index contributed by atoms with van der Waals surface area (Å²) < 4.78 is 57.5. The number of halogens is 2. The second kappa shape index (κ2) is 7.18. The minimum absolute atomic E-state index is 0.164. The number of nitrogens with one attached hydrogen (secondary N) is 1. The fourth-order valence-electron chi connectivity index (χ4n) is 3.28. The summed E-state index contributed by atoms with van der Waals surface area (Å²) in [6.45, 7) is 3.82. The number of aromatic nitrogens is 4. The lowest BCUT2D eigenvalue weighted by atomic mass is 10.1. The monoisotopic (exact) mass is 419 g/mol. The summed E-state index contributed by atoms with van der Waals surface area (Å²) in [4.78, 5) is 0. The molecule has 1 heterocycles. The summed E-state index contributed by atoms with van der Waals surface area (Å²) in [7, 11) is -4.10. The van der Waals surface area contributed by atoms with Crippen LogP contribution >= 0.6 is 0 Å². The quantitative estimate of drug-likeness (QED) is 0.661. The van der Waals surface area contributed by atoms with E-state index in [1.807, 2.05) is 0 Å². The summed E-state index contributed by atoms with van der Waals surface area (Å²) in [5, 5.41) is 11.9. The van der Waals surface area contributed by atoms with Crippen LogP contribution in [-0.4, -0.2) is 28.6 Å². The van der Waals surface area contributed by atoms with Gasteiger partial charge in [0.1, 0.15) is 17.4 Å². The molecule has 0 aliphatic heterocycles. The first kappa shape index (κ1) is 19.4. The lowest BCUT2D eigenvalue weighted by Gasteiger charge is -2.15. The third-order valence-electron chi connectivity index (χ3n) is 5.04. The third kappa shape index (κ3) is 3.84. The minimum atomic E-state index is -4.10. The first-order chi connectivity index (χ1) is 13.8. The number of sulfonamides is 1. The van der Waals surface area contributed by atoms with Gasteiger partial charge in [-0.3, -0.25) is 4.72 Å². The second-order valence-electron chi connectivity index (χ2n) is 7.29. The number of rotatable bonds is 6. The zero-order valence-corrected chi connectivity index (χ0v) is 16.6. The maximum atomic E-state index is 13.9. The van der Waals surface area contributed by atoms with E-state index in [9.17, 15) is 17.2 Å². The Morgan fingerprint density at radius 1 is 1.17 bits per heavy atom. The predicted octanol–water partition coefficient (Wildman–Crippen LogP) is 3.45. The number of tetrazole rings is 1. The molecule has 1 saturated carbocycles. The van der Waals surface area contributed by atoms with Gasteiger partial charge in [0.2, 0.25) is 10.0 Å². The van der Waals surface area contributed by atoms with E-state index in [-0.39, 0.29) is 11.7 Å². The van der Waals surface area contributed by atoms with Gasteiger partial charge in [-0.15, -0.1) is 5.10 Å². The van der Waals surface area contributed by atoms with Crippen LogP contribution in [0.15, 0.2) is 36.4 Å². The van der Waals surface area contributed by atoms with E-state index in [0.29, 0.717) is 22.9 Å². The Morgan fingerprint density at radius 3 is 2.48 bits per heavy atom. The van der Waals surface area contributed by atoms with Crippen LogP contribution in [0.3, 0.4) is 0 Å². The Morgan fingerprint density at radius 2 is 1.83 bits per heavy atom. The van der Waals surface area contributed by atoms with E-state index in [0.717, 1.165) is 18.6 Å². The Hall–Kier alpha value is -2.88. The average molecular weight is 419 g/mol. The van der Waals surface area contributed by atoms with E-state index in [1.54, 1.807) is 29.8 Å². The van der Waals surface area contributed by atoms with Crippen LogP contribution in [0.1, 0.15) is 30.5 Å². The molecule has 1 aromatic heterocycles. The molecule has 2 atom stereocenters. The van der Waals surface area contributed by atoms with Gasteiger partial charge in [0, 0.05) is 11.1 Å². The number of aryl methyl sites for hydroxylation is 1. The maximum Gasteiger partial charge on any atom is 0.237 e. The molecular formula is C19H19F2N5O2S. The van der Waals surface area contributed by atoms with Crippen molar-refractivity contribution in [1.29, 1.82) is 0 Å². The molecule has 2 aromatic carbocycles. The maximum absolute atomic E-state index is 13.9. The van der Waals surface area contributed by atoms with Gasteiger partial charge >= 0.3 is 0 Å². The molecular weight excluding hydrogens is 400 g/mol. The van der Waals surface area contributed by atoms with Crippen LogP contribution in [0.25, 0.3) is 11.4 Å². The van der Waals surface area contributed by atoms with Crippen molar-refractivity contribution in [3.63, 3.8) is 0 Å². The molecule has 152 valence electrons. The van der Waals surface area contributed by atoms with Gasteiger partial charge < -0.3 is 0 Å². The molecule has 0 saturated heterocycles. The van der Waals surface area contributed by atoms with Crippen LogP contribution in [0.2, 0.25) is 0 Å². The molecule has 0 radical (unpaired) electrons. The van der Waals surface area contributed by atoms with Crippen molar-refractivity contribution in [3.8, 4) is 11.4 Å². The smallest absolute Gasteiger partial charge is 0.237 e. The highest BCUT2D eigenvalue weighted by molar-refractivity contribution is 7.91. The lowest BCUT2D eigenvalue weighted by Crippen LogP contribution is -2.18. The molecule has 0 unspecified atom stereocenters. The van der Waals surface area contributed by atoms with Crippen LogP contribution in [0.5, 0.6) is 0 Å². The highest BCUT2D eigenvalue weighted by atomic mass is 32.2. The molecule has 29 heavy (non-hydrogen) atoms. The molecule has 1 N–H and O–H groups in total. The first-order valence-electron chi connectivity index (χ1n) is 9.08. The SMILES string of the molecule is Cc1cccc(-c2nnnn2[C@@H]2C[C@H]2C)c1NS(=O)(=O)Cc1c(F)cccc1F. The van der Waals surface area contributed by atoms with E-state index >= 15 is 0 Å². The molecule has 0 amide bonds. The van der Waals surface area contributed by atoms with Crippen molar-refractivity contribution in [2.24, 2.45) is 5.92 Å². The van der Waals surface area contributed by atoms with Gasteiger partial charge in [0.25, 0.3) is 0 Å². The van der Waals surface area contributed by atoms with Crippen LogP contribution in [0.4, 0.5) is 14.5 Å². The van der Waals surface area contributed by atoms with Gasteiger partial charge in [-0.05, 0) is 53.5 Å². The van der Waals surface area contributed by atoms with Crippen molar-refractivity contribution in [1.82, 2.24) is 20.2 Å². The molecule has 1 aliphatic rings. The summed E-state index contributed by atoms with van der Waals surface area (Å²) in [6.07, 6.45) is 0.942. The van der Waals surface area contributed by atoms with Crippen LogP contribution in [0, 0.1) is 24.5 Å². The van der Waals surface area contributed by atoms with Crippen LogP contribution < -0.4 is 4.72 Å². The molecule has 3 aromatic rings. The predicted molar refractivity (Wildman–Crippen MR) is 103 cm³/mol. The van der Waals surface area contributed by atoms with Gasteiger partial charge in [0.05, 0.1) is 11.7 Å². The Bertz CT molecular complexity index is 1160. The summed E-state index contributed by atoms with van der Waals surface area (Å²) in [5.74, 6) is -1.77. The van der Waals surface area contributed by atoms with Crippen molar-refractivity contribution < 1.29 is 17.2 Å². The van der Waals surface area contributed by atoms with Crippen molar-refractivity contribution in [2.75, 3.05) is 4.72 Å². The number of para-hydroxylation sites is 1. The van der Waals surface area contributed by atoms with Crippen molar-refractivity contribution >= 4 is 15.7 Å². The minimum Gasteiger partial charge on any atom is -0.282 e. The van der Waals surface area contributed by atoms with Crippen molar-refractivity contribution in [2.45, 2.75) is 32.1 Å².